The minimum atomic E-state index is -1.04. The topological polar surface area (TPSA) is 90.5 Å². The van der Waals surface area contributed by atoms with Crippen LogP contribution in [0.25, 0.3) is 0 Å². The number of hydrogen-bond donors (Lipinski definition) is 4. The van der Waals surface area contributed by atoms with Gasteiger partial charge in [0.25, 0.3) is 0 Å². The van der Waals surface area contributed by atoms with Gasteiger partial charge in [-0.15, -0.1) is 11.8 Å². The van der Waals surface area contributed by atoms with Crippen LogP contribution < -0.4 is 16.0 Å². The summed E-state index contributed by atoms with van der Waals surface area (Å²) in [5, 5.41) is 18.4. The van der Waals surface area contributed by atoms with E-state index in [0.717, 1.165) is 16.3 Å². The molecule has 30 heavy (non-hydrogen) atoms. The fourth-order valence-electron chi connectivity index (χ4n) is 2.55. The summed E-state index contributed by atoms with van der Waals surface area (Å²) in [5.41, 5.74) is 2.28. The van der Waals surface area contributed by atoms with Crippen molar-refractivity contribution in [3.05, 3.63) is 84.4 Å². The smallest absolute Gasteiger partial charge is 0.335 e. The van der Waals surface area contributed by atoms with Crippen molar-refractivity contribution in [3.8, 4) is 0 Å². The number of anilines is 3. The lowest BCUT2D eigenvalue weighted by Crippen LogP contribution is -2.19. The zero-order chi connectivity index (χ0) is 21.3. The van der Waals surface area contributed by atoms with Crippen LogP contribution in [0.4, 0.5) is 17.1 Å². The van der Waals surface area contributed by atoms with Gasteiger partial charge in [0.15, 0.2) is 5.11 Å². The molecule has 0 radical (unpaired) electrons. The number of thiocarbonyl (C=S) groups is 1. The lowest BCUT2D eigenvalue weighted by atomic mass is 10.2. The van der Waals surface area contributed by atoms with Crippen LogP contribution in [0.5, 0.6) is 0 Å². The van der Waals surface area contributed by atoms with Crippen LogP contribution in [-0.4, -0.2) is 27.8 Å². The summed E-state index contributed by atoms with van der Waals surface area (Å²) < 4.78 is 0. The summed E-state index contributed by atoms with van der Waals surface area (Å²) in [6.45, 7) is 0. The van der Waals surface area contributed by atoms with Gasteiger partial charge in [0.2, 0.25) is 5.91 Å². The van der Waals surface area contributed by atoms with Gasteiger partial charge in [0.1, 0.15) is 0 Å². The van der Waals surface area contributed by atoms with Crippen molar-refractivity contribution in [2.24, 2.45) is 0 Å². The second-order valence-corrected chi connectivity index (χ2v) is 7.65. The van der Waals surface area contributed by atoms with E-state index in [1.807, 2.05) is 54.6 Å². The van der Waals surface area contributed by atoms with Crippen LogP contribution in [0.3, 0.4) is 0 Å². The first-order chi connectivity index (χ1) is 14.5. The number of carbonyl (C=O) groups excluding carboxylic acids is 1. The molecule has 0 aromatic heterocycles. The molecule has 0 aliphatic rings. The van der Waals surface area contributed by atoms with E-state index < -0.39 is 5.97 Å². The molecule has 3 aromatic carbocycles. The number of amides is 1. The Labute approximate surface area is 183 Å². The molecule has 0 aliphatic carbocycles. The predicted molar refractivity (Wildman–Crippen MR) is 125 cm³/mol. The third kappa shape index (κ3) is 6.61. The number of benzene rings is 3. The molecule has 0 atom stereocenters. The van der Waals surface area contributed by atoms with E-state index in [4.69, 9.17) is 17.3 Å². The molecule has 6 nitrogen and oxygen atoms in total. The largest absolute Gasteiger partial charge is 0.478 e. The van der Waals surface area contributed by atoms with Crippen molar-refractivity contribution >= 4 is 58.0 Å². The van der Waals surface area contributed by atoms with Crippen molar-refractivity contribution < 1.29 is 14.7 Å². The number of thioether (sulfide) groups is 1. The lowest BCUT2D eigenvalue weighted by molar-refractivity contribution is -0.113. The minimum absolute atomic E-state index is 0.124. The highest BCUT2D eigenvalue weighted by Crippen LogP contribution is 2.22. The maximum Gasteiger partial charge on any atom is 0.335 e. The zero-order valence-electron chi connectivity index (χ0n) is 15.8. The van der Waals surface area contributed by atoms with Gasteiger partial charge in [-0.05, 0) is 60.7 Å². The number of rotatable bonds is 7. The zero-order valence-corrected chi connectivity index (χ0v) is 17.4. The second kappa shape index (κ2) is 10.4. The van der Waals surface area contributed by atoms with E-state index in [1.165, 1.54) is 23.9 Å². The first-order valence-electron chi connectivity index (χ1n) is 8.99. The number of aromatic carboxylic acids is 1. The highest BCUT2D eigenvalue weighted by molar-refractivity contribution is 8.00. The number of para-hydroxylation sites is 1. The standard InChI is InChI=1S/C22H19N3O3S2/c26-20(23-17-9-4-6-15(12-17)21(27)28)14-30-19-11-5-10-18(13-19)25-22(29)24-16-7-2-1-3-8-16/h1-13H,14H2,(H,23,26)(H,27,28)(H2,24,25,29). The van der Waals surface area contributed by atoms with Crippen molar-refractivity contribution in [2.75, 3.05) is 21.7 Å². The lowest BCUT2D eigenvalue weighted by Gasteiger charge is -2.11. The van der Waals surface area contributed by atoms with Crippen LogP contribution >= 0.6 is 24.0 Å². The number of hydrogen-bond acceptors (Lipinski definition) is 4. The summed E-state index contributed by atoms with van der Waals surface area (Å²) in [6, 6.07) is 23.3. The molecule has 1 amide bonds. The molecule has 0 bridgehead atoms. The first-order valence-corrected chi connectivity index (χ1v) is 10.4. The predicted octanol–water partition coefficient (Wildman–Crippen LogP) is 4.92. The molecular formula is C22H19N3O3S2. The molecule has 0 fully saturated rings. The highest BCUT2D eigenvalue weighted by atomic mass is 32.2. The average molecular weight is 438 g/mol. The Kier molecular flexibility index (Phi) is 7.42. The van der Waals surface area contributed by atoms with Gasteiger partial charge in [-0.3, -0.25) is 4.79 Å². The van der Waals surface area contributed by atoms with E-state index in [2.05, 4.69) is 16.0 Å². The molecule has 4 N–H and O–H groups in total. The fourth-order valence-corrected chi connectivity index (χ4v) is 3.55. The van der Waals surface area contributed by atoms with Gasteiger partial charge in [0, 0.05) is 22.0 Å². The second-order valence-electron chi connectivity index (χ2n) is 6.20. The third-order valence-corrected chi connectivity index (χ3v) is 5.08. The normalized spacial score (nSPS) is 10.1. The number of carbonyl (C=O) groups is 2. The van der Waals surface area contributed by atoms with Gasteiger partial charge in [0.05, 0.1) is 11.3 Å². The summed E-state index contributed by atoms with van der Waals surface area (Å²) >= 11 is 6.71. The van der Waals surface area contributed by atoms with Gasteiger partial charge >= 0.3 is 5.97 Å². The Balaban J connectivity index is 1.52. The maximum absolute atomic E-state index is 12.2. The third-order valence-electron chi connectivity index (χ3n) is 3.89. The molecule has 0 saturated carbocycles. The summed E-state index contributed by atoms with van der Waals surface area (Å²) in [5.74, 6) is -1.07. The Hall–Kier alpha value is -3.36. The van der Waals surface area contributed by atoms with Gasteiger partial charge in [-0.1, -0.05) is 30.3 Å². The Morgan fingerprint density at radius 2 is 1.43 bits per heavy atom. The summed E-state index contributed by atoms with van der Waals surface area (Å²) in [4.78, 5) is 24.1. The molecule has 0 aliphatic heterocycles. The molecule has 0 spiro atoms. The quantitative estimate of drug-likeness (QED) is 0.308. The maximum atomic E-state index is 12.2. The van der Waals surface area contributed by atoms with Crippen molar-refractivity contribution in [2.45, 2.75) is 4.90 Å². The Morgan fingerprint density at radius 1 is 0.800 bits per heavy atom. The monoisotopic (exact) mass is 437 g/mol. The van der Waals surface area contributed by atoms with Crippen LogP contribution in [0, 0.1) is 0 Å². The summed E-state index contributed by atoms with van der Waals surface area (Å²) in [7, 11) is 0. The molecule has 0 heterocycles. The highest BCUT2D eigenvalue weighted by Gasteiger charge is 2.08. The average Bonchev–Trinajstić information content (AvgIpc) is 2.73. The molecule has 0 saturated heterocycles. The van der Waals surface area contributed by atoms with E-state index >= 15 is 0 Å². The SMILES string of the molecule is O=C(CSc1cccc(NC(=S)Nc2ccccc2)c1)Nc1cccc(C(=O)O)c1. The van der Waals surface area contributed by atoms with Gasteiger partial charge in [-0.2, -0.15) is 0 Å². The van der Waals surface area contributed by atoms with Crippen LogP contribution in [-0.2, 0) is 4.79 Å². The Bertz CT molecular complexity index is 1060. The molecular weight excluding hydrogens is 418 g/mol. The van der Waals surface area contributed by atoms with E-state index in [0.29, 0.717) is 10.8 Å². The summed E-state index contributed by atoms with van der Waals surface area (Å²) in [6.07, 6.45) is 0. The molecule has 3 aromatic rings. The Morgan fingerprint density at radius 3 is 2.17 bits per heavy atom. The van der Waals surface area contributed by atoms with Crippen molar-refractivity contribution in [1.82, 2.24) is 0 Å². The minimum Gasteiger partial charge on any atom is -0.478 e. The van der Waals surface area contributed by atoms with Crippen molar-refractivity contribution in [1.29, 1.82) is 0 Å². The molecule has 8 heteroatoms. The van der Waals surface area contributed by atoms with Gasteiger partial charge < -0.3 is 21.1 Å². The van der Waals surface area contributed by atoms with Crippen LogP contribution in [0.2, 0.25) is 0 Å². The molecule has 0 unspecified atom stereocenters. The first kappa shape index (κ1) is 21.4. The fraction of sp³-hybridized carbons (Fsp3) is 0.0455. The molecule has 3 rings (SSSR count). The van der Waals surface area contributed by atoms with E-state index in [9.17, 15) is 9.59 Å². The number of carboxylic acid groups (broad SMARTS) is 1. The number of carboxylic acids is 1. The molecule has 152 valence electrons. The van der Waals surface area contributed by atoms with Crippen LogP contribution in [0.1, 0.15) is 10.4 Å². The van der Waals surface area contributed by atoms with Gasteiger partial charge in [-0.25, -0.2) is 4.79 Å². The van der Waals surface area contributed by atoms with Crippen molar-refractivity contribution in [3.63, 3.8) is 0 Å². The van der Waals surface area contributed by atoms with E-state index in [-0.39, 0.29) is 17.2 Å². The number of nitrogens with one attached hydrogen (secondary N) is 3. The van der Waals surface area contributed by atoms with E-state index in [1.54, 1.807) is 12.1 Å². The van der Waals surface area contributed by atoms with Crippen LogP contribution in [0.15, 0.2) is 83.8 Å².